The zero-order valence-electron chi connectivity index (χ0n) is 20.3. The van der Waals surface area contributed by atoms with E-state index in [1.165, 1.54) is 13.2 Å². The van der Waals surface area contributed by atoms with E-state index < -0.39 is 23.5 Å². The van der Waals surface area contributed by atoms with Crippen molar-refractivity contribution in [3.63, 3.8) is 0 Å². The number of ether oxygens (including phenoxy) is 1. The third-order valence-corrected chi connectivity index (χ3v) is 6.09. The van der Waals surface area contributed by atoms with E-state index in [1.807, 2.05) is 27.7 Å². The van der Waals surface area contributed by atoms with Crippen molar-refractivity contribution in [2.75, 3.05) is 23.8 Å². The van der Waals surface area contributed by atoms with Crippen molar-refractivity contribution in [1.82, 2.24) is 15.3 Å². The Morgan fingerprint density at radius 3 is 2.60 bits per heavy atom. The SMILES string of the molecule is CNC(=O)Nc1cc2cc(-c3cnc4c(c3C)N(C(=O)OC(C)(C)C)CCC4)c(F)c(Cl)c2cn1. The first-order chi connectivity index (χ1) is 16.5. The summed E-state index contributed by atoms with van der Waals surface area (Å²) in [6, 6.07) is 2.83. The van der Waals surface area contributed by atoms with Crippen LogP contribution in [0.25, 0.3) is 21.9 Å². The average Bonchev–Trinajstić information content (AvgIpc) is 2.80. The number of aromatic nitrogens is 2. The fourth-order valence-corrected chi connectivity index (χ4v) is 4.41. The Morgan fingerprint density at radius 2 is 1.91 bits per heavy atom. The van der Waals surface area contributed by atoms with Gasteiger partial charge in [-0.3, -0.25) is 15.2 Å². The molecule has 1 aliphatic rings. The second-order valence-electron chi connectivity index (χ2n) is 9.37. The summed E-state index contributed by atoms with van der Waals surface area (Å²) in [6.45, 7) is 7.75. The topological polar surface area (TPSA) is 96.5 Å². The molecule has 3 aromatic rings. The van der Waals surface area contributed by atoms with E-state index in [2.05, 4.69) is 20.6 Å². The molecule has 184 valence electrons. The Labute approximate surface area is 207 Å². The number of pyridine rings is 2. The molecule has 1 aliphatic heterocycles. The first kappa shape index (κ1) is 24.7. The fourth-order valence-electron chi connectivity index (χ4n) is 4.15. The molecule has 1 aromatic carbocycles. The largest absolute Gasteiger partial charge is 0.443 e. The van der Waals surface area contributed by atoms with E-state index in [-0.39, 0.29) is 10.6 Å². The van der Waals surface area contributed by atoms with Crippen molar-refractivity contribution >= 4 is 46.0 Å². The number of benzene rings is 1. The number of hydrogen-bond donors (Lipinski definition) is 2. The van der Waals surface area contributed by atoms with Crippen molar-refractivity contribution in [3.8, 4) is 11.1 Å². The van der Waals surface area contributed by atoms with Gasteiger partial charge in [-0.25, -0.2) is 19.0 Å². The molecule has 0 saturated heterocycles. The minimum Gasteiger partial charge on any atom is -0.443 e. The van der Waals surface area contributed by atoms with Crippen LogP contribution in [0, 0.1) is 12.7 Å². The molecular weight excluding hydrogens is 473 g/mol. The van der Waals surface area contributed by atoms with Crippen LogP contribution in [0.3, 0.4) is 0 Å². The molecule has 0 unspecified atom stereocenters. The molecule has 2 aromatic heterocycles. The van der Waals surface area contributed by atoms with Gasteiger partial charge in [-0.05, 0) is 63.6 Å². The fraction of sp³-hybridized carbons (Fsp3) is 0.360. The number of carbonyl (C=O) groups excluding carboxylic acids is 2. The third kappa shape index (κ3) is 4.86. The molecule has 10 heteroatoms. The van der Waals surface area contributed by atoms with E-state index in [0.717, 1.165) is 12.1 Å². The summed E-state index contributed by atoms with van der Waals surface area (Å²) >= 11 is 6.39. The molecule has 0 fully saturated rings. The van der Waals surface area contributed by atoms with Gasteiger partial charge in [0.15, 0.2) is 0 Å². The van der Waals surface area contributed by atoms with Gasteiger partial charge in [0.05, 0.1) is 16.4 Å². The summed E-state index contributed by atoms with van der Waals surface area (Å²) in [5, 5.41) is 5.97. The molecule has 3 heterocycles. The van der Waals surface area contributed by atoms with Gasteiger partial charge in [-0.1, -0.05) is 11.6 Å². The Hall–Kier alpha value is -3.46. The lowest BCUT2D eigenvalue weighted by atomic mass is 9.95. The first-order valence-corrected chi connectivity index (χ1v) is 11.6. The van der Waals surface area contributed by atoms with Crippen LogP contribution in [0.4, 0.5) is 25.5 Å². The lowest BCUT2D eigenvalue weighted by Gasteiger charge is -2.33. The van der Waals surface area contributed by atoms with E-state index in [4.69, 9.17) is 16.3 Å². The van der Waals surface area contributed by atoms with E-state index in [0.29, 0.717) is 46.4 Å². The van der Waals surface area contributed by atoms with Gasteiger partial charge in [-0.2, -0.15) is 0 Å². The molecule has 4 rings (SSSR count). The van der Waals surface area contributed by atoms with Crippen LogP contribution in [0.5, 0.6) is 0 Å². The number of carbonyl (C=O) groups is 2. The van der Waals surface area contributed by atoms with Crippen LogP contribution in [0.15, 0.2) is 24.5 Å². The summed E-state index contributed by atoms with van der Waals surface area (Å²) in [7, 11) is 1.49. The number of rotatable bonds is 2. The Bertz CT molecular complexity index is 1340. The van der Waals surface area contributed by atoms with Gasteiger partial charge in [0.1, 0.15) is 17.2 Å². The maximum atomic E-state index is 15.5. The van der Waals surface area contributed by atoms with E-state index >= 15 is 4.39 Å². The Morgan fingerprint density at radius 1 is 1.17 bits per heavy atom. The van der Waals surface area contributed by atoms with Crippen LogP contribution in [0.1, 0.15) is 38.4 Å². The van der Waals surface area contributed by atoms with Gasteiger partial charge in [-0.15, -0.1) is 0 Å². The molecule has 0 aliphatic carbocycles. The maximum absolute atomic E-state index is 15.5. The summed E-state index contributed by atoms with van der Waals surface area (Å²) in [5.74, 6) is -0.320. The normalized spacial score (nSPS) is 13.4. The molecule has 0 saturated carbocycles. The molecule has 0 bridgehead atoms. The number of urea groups is 1. The van der Waals surface area contributed by atoms with Crippen LogP contribution in [-0.2, 0) is 11.2 Å². The third-order valence-electron chi connectivity index (χ3n) is 5.72. The molecule has 2 N–H and O–H groups in total. The Balaban J connectivity index is 1.84. The molecule has 0 radical (unpaired) electrons. The lowest BCUT2D eigenvalue weighted by molar-refractivity contribution is 0.0577. The molecule has 35 heavy (non-hydrogen) atoms. The standard InChI is InChI=1S/C25H27ClFN5O3/c1-13-16(11-29-18-7-6-8-32(22(13)18)24(34)35-25(2,3)4)15-9-14-10-19(31-23(33)28-5)30-12-17(14)20(26)21(15)27/h9-12H,6-8H2,1-5H3,(H2,28,30,31,33). The van der Waals surface area contributed by atoms with Crippen molar-refractivity contribution in [2.45, 2.75) is 46.1 Å². The number of amides is 3. The lowest BCUT2D eigenvalue weighted by Crippen LogP contribution is -2.40. The van der Waals surface area contributed by atoms with Gasteiger partial charge in [0.25, 0.3) is 0 Å². The van der Waals surface area contributed by atoms with Crippen LogP contribution >= 0.6 is 11.6 Å². The number of fused-ring (bicyclic) bond motifs is 2. The first-order valence-electron chi connectivity index (χ1n) is 11.3. The number of nitrogens with zero attached hydrogens (tertiary/aromatic N) is 3. The monoisotopic (exact) mass is 499 g/mol. The summed E-state index contributed by atoms with van der Waals surface area (Å²) in [6.07, 6.45) is 4.02. The van der Waals surface area contributed by atoms with Crippen LogP contribution in [-0.4, -0.2) is 41.3 Å². The molecule has 0 atom stereocenters. The molecular formula is C25H27ClFN5O3. The number of halogens is 2. The van der Waals surface area contributed by atoms with Gasteiger partial charge in [0, 0.05) is 42.5 Å². The summed E-state index contributed by atoms with van der Waals surface area (Å²) in [5.41, 5.74) is 2.19. The number of aryl methyl sites for hydroxylation is 1. The molecule has 8 nitrogen and oxygen atoms in total. The zero-order chi connectivity index (χ0) is 25.5. The van der Waals surface area contributed by atoms with Crippen molar-refractivity contribution in [2.24, 2.45) is 0 Å². The van der Waals surface area contributed by atoms with Crippen LogP contribution < -0.4 is 15.5 Å². The maximum Gasteiger partial charge on any atom is 0.414 e. The smallest absolute Gasteiger partial charge is 0.414 e. The highest BCUT2D eigenvalue weighted by Crippen LogP contribution is 2.40. The van der Waals surface area contributed by atoms with Crippen molar-refractivity contribution in [1.29, 1.82) is 0 Å². The predicted molar refractivity (Wildman–Crippen MR) is 135 cm³/mol. The second kappa shape index (κ2) is 9.30. The quantitative estimate of drug-likeness (QED) is 0.462. The zero-order valence-corrected chi connectivity index (χ0v) is 21.0. The molecule has 0 spiro atoms. The summed E-state index contributed by atoms with van der Waals surface area (Å²) in [4.78, 5) is 34.9. The second-order valence-corrected chi connectivity index (χ2v) is 9.75. The minimum atomic E-state index is -0.653. The number of hydrogen-bond acceptors (Lipinski definition) is 5. The van der Waals surface area contributed by atoms with Crippen molar-refractivity contribution in [3.05, 3.63) is 46.6 Å². The van der Waals surface area contributed by atoms with Gasteiger partial charge in [0.2, 0.25) is 0 Å². The predicted octanol–water partition coefficient (Wildman–Crippen LogP) is 5.84. The highest BCUT2D eigenvalue weighted by molar-refractivity contribution is 6.36. The number of anilines is 2. The average molecular weight is 500 g/mol. The minimum absolute atomic E-state index is 0.0855. The highest BCUT2D eigenvalue weighted by Gasteiger charge is 2.31. The van der Waals surface area contributed by atoms with E-state index in [9.17, 15) is 9.59 Å². The highest BCUT2D eigenvalue weighted by atomic mass is 35.5. The Kier molecular flexibility index (Phi) is 6.55. The van der Waals surface area contributed by atoms with E-state index in [1.54, 1.807) is 23.2 Å². The van der Waals surface area contributed by atoms with Crippen molar-refractivity contribution < 1.29 is 18.7 Å². The number of nitrogens with one attached hydrogen (secondary N) is 2. The van der Waals surface area contributed by atoms with Gasteiger partial charge < -0.3 is 10.1 Å². The van der Waals surface area contributed by atoms with Crippen LogP contribution in [0.2, 0.25) is 5.02 Å². The molecule has 3 amide bonds. The van der Waals surface area contributed by atoms with Gasteiger partial charge >= 0.3 is 12.1 Å². The summed E-state index contributed by atoms with van der Waals surface area (Å²) < 4.78 is 21.1.